The highest BCUT2D eigenvalue weighted by molar-refractivity contribution is 5.86. The molecule has 2 N–H and O–H groups in total. The molecule has 0 atom stereocenters. The molecule has 1 saturated heterocycles. The summed E-state index contributed by atoms with van der Waals surface area (Å²) in [5.74, 6) is -0.993. The second-order valence-corrected chi connectivity index (χ2v) is 4.06. The number of alkyl halides is 1. The van der Waals surface area contributed by atoms with Crippen molar-refractivity contribution in [1.29, 1.82) is 0 Å². The summed E-state index contributed by atoms with van der Waals surface area (Å²) in [5, 5.41) is 19.6. The van der Waals surface area contributed by atoms with Gasteiger partial charge in [0.05, 0.1) is 12.2 Å². The largest absolute Gasteiger partial charge is 0.476 e. The molecule has 94 valence electrons. The summed E-state index contributed by atoms with van der Waals surface area (Å²) in [6.07, 6.45) is 1.67. The summed E-state index contributed by atoms with van der Waals surface area (Å²) in [6, 6.07) is 0. The first-order chi connectivity index (χ1) is 8.24. The summed E-state index contributed by atoms with van der Waals surface area (Å²) >= 11 is 0. The Balaban J connectivity index is 2.32. The van der Waals surface area contributed by atoms with Gasteiger partial charge in [-0.25, -0.2) is 13.9 Å². The van der Waals surface area contributed by atoms with E-state index < -0.39 is 12.6 Å². The predicted octanol–water partition coefficient (Wildman–Crippen LogP) is 0.413. The molecule has 0 saturated carbocycles. The molecule has 0 radical (unpaired) electrons. The first-order valence-electron chi connectivity index (χ1n) is 5.67. The molecule has 0 aliphatic carbocycles. The molecule has 7 heteroatoms. The van der Waals surface area contributed by atoms with Gasteiger partial charge in [0.15, 0.2) is 5.69 Å². The van der Waals surface area contributed by atoms with Gasteiger partial charge in [-0.15, -0.1) is 5.10 Å². The topological polar surface area (TPSA) is 80.0 Å². The molecule has 0 spiro atoms. The monoisotopic (exact) mass is 242 g/mol. The second kappa shape index (κ2) is 5.22. The maximum atomic E-state index is 12.4. The Morgan fingerprint density at radius 1 is 1.53 bits per heavy atom. The standard InChI is InChI=1S/C10H15FN4O2/c11-3-6-15-9(7-1-4-12-5-2-7)8(10(16)17)13-14-15/h7,12H,1-6H2,(H,16,17). The summed E-state index contributed by atoms with van der Waals surface area (Å²) < 4.78 is 13.8. The molecule has 6 nitrogen and oxygen atoms in total. The minimum absolute atomic E-state index is 0.0367. The Bertz CT molecular complexity index is 401. The lowest BCUT2D eigenvalue weighted by Crippen LogP contribution is -2.29. The van der Waals surface area contributed by atoms with E-state index in [4.69, 9.17) is 5.11 Å². The maximum Gasteiger partial charge on any atom is 0.358 e. The van der Waals surface area contributed by atoms with Crippen LogP contribution in [0.1, 0.15) is 34.9 Å². The number of hydrogen-bond acceptors (Lipinski definition) is 4. The molecule has 1 aromatic rings. The fraction of sp³-hybridized carbons (Fsp3) is 0.700. The predicted molar refractivity (Wildman–Crippen MR) is 57.8 cm³/mol. The maximum absolute atomic E-state index is 12.4. The highest BCUT2D eigenvalue weighted by Crippen LogP contribution is 2.27. The number of nitrogens with zero attached hydrogens (tertiary/aromatic N) is 3. The molecule has 2 heterocycles. The van der Waals surface area contributed by atoms with Gasteiger partial charge in [0, 0.05) is 5.92 Å². The van der Waals surface area contributed by atoms with Crippen LogP contribution in [0, 0.1) is 0 Å². The Kier molecular flexibility index (Phi) is 3.68. The fourth-order valence-electron chi connectivity index (χ4n) is 2.22. The van der Waals surface area contributed by atoms with Gasteiger partial charge in [-0.2, -0.15) is 0 Å². The van der Waals surface area contributed by atoms with Crippen molar-refractivity contribution < 1.29 is 14.3 Å². The molecule has 0 unspecified atom stereocenters. The van der Waals surface area contributed by atoms with E-state index in [0.717, 1.165) is 25.9 Å². The smallest absolute Gasteiger partial charge is 0.358 e. The van der Waals surface area contributed by atoms with E-state index in [0.29, 0.717) is 5.69 Å². The lowest BCUT2D eigenvalue weighted by Gasteiger charge is -2.23. The number of aromatic carboxylic acids is 1. The molecule has 1 aliphatic heterocycles. The Morgan fingerprint density at radius 3 is 2.82 bits per heavy atom. The molecule has 0 amide bonds. The number of hydrogen-bond donors (Lipinski definition) is 2. The van der Waals surface area contributed by atoms with Crippen molar-refractivity contribution in [2.75, 3.05) is 19.8 Å². The van der Waals surface area contributed by atoms with Crippen molar-refractivity contribution in [3.8, 4) is 0 Å². The van der Waals surface area contributed by atoms with Crippen LogP contribution in [0.3, 0.4) is 0 Å². The van der Waals surface area contributed by atoms with Crippen LogP contribution in [-0.4, -0.2) is 45.8 Å². The Morgan fingerprint density at radius 2 is 2.24 bits per heavy atom. The zero-order valence-corrected chi connectivity index (χ0v) is 9.40. The summed E-state index contributed by atoms with van der Waals surface area (Å²) in [7, 11) is 0. The highest BCUT2D eigenvalue weighted by Gasteiger charge is 2.27. The highest BCUT2D eigenvalue weighted by atomic mass is 19.1. The van der Waals surface area contributed by atoms with E-state index >= 15 is 0 Å². The fourth-order valence-corrected chi connectivity index (χ4v) is 2.22. The van der Waals surface area contributed by atoms with Crippen LogP contribution in [0.2, 0.25) is 0 Å². The summed E-state index contributed by atoms with van der Waals surface area (Å²) in [4.78, 5) is 11.1. The van der Waals surface area contributed by atoms with Crippen molar-refractivity contribution in [3.05, 3.63) is 11.4 Å². The summed E-state index contributed by atoms with van der Waals surface area (Å²) in [6.45, 7) is 1.18. The SMILES string of the molecule is O=C(O)c1nnn(CCF)c1C1CCNCC1. The van der Waals surface area contributed by atoms with Gasteiger partial charge in [-0.1, -0.05) is 5.21 Å². The van der Waals surface area contributed by atoms with Crippen LogP contribution in [-0.2, 0) is 6.54 Å². The number of aryl methyl sites for hydroxylation is 1. The van der Waals surface area contributed by atoms with Crippen LogP contribution in [0.25, 0.3) is 0 Å². The molecule has 0 aromatic carbocycles. The quantitative estimate of drug-likeness (QED) is 0.799. The van der Waals surface area contributed by atoms with Gasteiger partial charge in [-0.05, 0) is 25.9 Å². The van der Waals surface area contributed by atoms with E-state index in [1.54, 1.807) is 0 Å². The van der Waals surface area contributed by atoms with Crippen molar-refractivity contribution in [3.63, 3.8) is 0 Å². The van der Waals surface area contributed by atoms with Gasteiger partial charge in [0.1, 0.15) is 6.67 Å². The molecule has 0 bridgehead atoms. The molecule has 1 aromatic heterocycles. The lowest BCUT2D eigenvalue weighted by molar-refractivity contribution is 0.0688. The lowest BCUT2D eigenvalue weighted by atomic mass is 9.93. The molecule has 17 heavy (non-hydrogen) atoms. The van der Waals surface area contributed by atoms with Crippen LogP contribution in [0.4, 0.5) is 4.39 Å². The number of halogens is 1. The molecule has 1 fully saturated rings. The van der Waals surface area contributed by atoms with E-state index in [2.05, 4.69) is 15.6 Å². The van der Waals surface area contributed by atoms with E-state index in [1.165, 1.54) is 4.68 Å². The molecule has 2 rings (SSSR count). The number of aromatic nitrogens is 3. The Labute approximate surface area is 97.8 Å². The van der Waals surface area contributed by atoms with Gasteiger partial charge in [-0.3, -0.25) is 0 Å². The number of piperidine rings is 1. The van der Waals surface area contributed by atoms with E-state index in [9.17, 15) is 9.18 Å². The zero-order chi connectivity index (χ0) is 12.3. The number of carbonyl (C=O) groups is 1. The average Bonchev–Trinajstić information content (AvgIpc) is 2.74. The van der Waals surface area contributed by atoms with Crippen LogP contribution < -0.4 is 5.32 Å². The third-order valence-corrected chi connectivity index (χ3v) is 3.00. The first-order valence-corrected chi connectivity index (χ1v) is 5.67. The van der Waals surface area contributed by atoms with Crippen molar-refractivity contribution in [2.45, 2.75) is 25.3 Å². The Hall–Kier alpha value is -1.50. The number of rotatable bonds is 4. The average molecular weight is 242 g/mol. The number of carboxylic acids is 1. The van der Waals surface area contributed by atoms with E-state index in [-0.39, 0.29) is 18.2 Å². The third-order valence-electron chi connectivity index (χ3n) is 3.00. The van der Waals surface area contributed by atoms with Gasteiger partial charge < -0.3 is 10.4 Å². The minimum atomic E-state index is -1.09. The van der Waals surface area contributed by atoms with Gasteiger partial charge >= 0.3 is 5.97 Å². The second-order valence-electron chi connectivity index (χ2n) is 4.06. The summed E-state index contributed by atoms with van der Waals surface area (Å²) in [5.41, 5.74) is 0.530. The zero-order valence-electron chi connectivity index (χ0n) is 9.40. The van der Waals surface area contributed by atoms with Crippen LogP contribution in [0.15, 0.2) is 0 Å². The van der Waals surface area contributed by atoms with Crippen molar-refractivity contribution in [1.82, 2.24) is 20.3 Å². The van der Waals surface area contributed by atoms with Crippen molar-refractivity contribution in [2.24, 2.45) is 0 Å². The van der Waals surface area contributed by atoms with Gasteiger partial charge in [0.2, 0.25) is 0 Å². The number of carboxylic acid groups (broad SMARTS) is 1. The van der Waals surface area contributed by atoms with E-state index in [1.807, 2.05) is 0 Å². The van der Waals surface area contributed by atoms with Crippen molar-refractivity contribution >= 4 is 5.97 Å². The molecule has 1 aliphatic rings. The molecular weight excluding hydrogens is 227 g/mol. The third kappa shape index (κ3) is 2.44. The molecular formula is C10H15FN4O2. The van der Waals surface area contributed by atoms with Crippen LogP contribution >= 0.6 is 0 Å². The number of nitrogens with one attached hydrogen (secondary N) is 1. The normalized spacial score (nSPS) is 17.2. The minimum Gasteiger partial charge on any atom is -0.476 e. The first kappa shape index (κ1) is 12.0. The van der Waals surface area contributed by atoms with Crippen LogP contribution in [0.5, 0.6) is 0 Å². The van der Waals surface area contributed by atoms with Gasteiger partial charge in [0.25, 0.3) is 0 Å².